The zero-order chi connectivity index (χ0) is 16.9. The number of aromatic nitrogens is 2. The molecule has 0 atom stereocenters. The first kappa shape index (κ1) is 16.7. The highest BCUT2D eigenvalue weighted by molar-refractivity contribution is 7.10. The van der Waals surface area contributed by atoms with Gasteiger partial charge in [0.1, 0.15) is 0 Å². The summed E-state index contributed by atoms with van der Waals surface area (Å²) in [6, 6.07) is 12.3. The maximum Gasteiger partial charge on any atom is 0.230 e. The molecule has 0 bridgehead atoms. The van der Waals surface area contributed by atoms with Gasteiger partial charge in [-0.1, -0.05) is 29.3 Å². The molecule has 0 saturated heterocycles. The lowest BCUT2D eigenvalue weighted by atomic mass is 10.3. The number of rotatable bonds is 5. The lowest BCUT2D eigenvalue weighted by molar-refractivity contribution is -0.115. The van der Waals surface area contributed by atoms with Crippen LogP contribution in [-0.4, -0.2) is 16.1 Å². The van der Waals surface area contributed by atoms with Crippen molar-refractivity contribution in [3.63, 3.8) is 0 Å². The van der Waals surface area contributed by atoms with Gasteiger partial charge in [-0.3, -0.25) is 4.79 Å². The first-order chi connectivity index (χ1) is 11.6. The number of benzene rings is 1. The highest BCUT2D eigenvalue weighted by Crippen LogP contribution is 2.24. The van der Waals surface area contributed by atoms with Gasteiger partial charge in [0.15, 0.2) is 11.6 Å². The van der Waals surface area contributed by atoms with Crippen LogP contribution >= 0.6 is 34.5 Å². The topological polar surface area (TPSA) is 66.9 Å². The minimum atomic E-state index is -0.130. The molecule has 0 aliphatic carbocycles. The first-order valence-electron chi connectivity index (χ1n) is 6.97. The summed E-state index contributed by atoms with van der Waals surface area (Å²) < 4.78 is 0. The van der Waals surface area contributed by atoms with Gasteiger partial charge in [-0.05, 0) is 41.8 Å². The van der Waals surface area contributed by atoms with Gasteiger partial charge in [0.2, 0.25) is 5.91 Å². The van der Waals surface area contributed by atoms with Gasteiger partial charge in [0.05, 0.1) is 6.42 Å². The van der Waals surface area contributed by atoms with E-state index >= 15 is 0 Å². The lowest BCUT2D eigenvalue weighted by Crippen LogP contribution is -2.15. The standard InChI is InChI=1S/C16H12Cl2N4OS/c17-10-6-11(18)8-12(7-10)19-14-3-4-15(22-21-14)20-16(23)9-13-2-1-5-24-13/h1-8H,9H2,(H,19,21)(H,20,22,23). The highest BCUT2D eigenvalue weighted by atomic mass is 35.5. The van der Waals surface area contributed by atoms with Crippen molar-refractivity contribution in [3.8, 4) is 0 Å². The van der Waals surface area contributed by atoms with Crippen molar-refractivity contribution in [1.82, 2.24) is 10.2 Å². The second-order valence-corrected chi connectivity index (χ2v) is 6.80. The van der Waals surface area contributed by atoms with E-state index in [9.17, 15) is 4.79 Å². The molecule has 2 heterocycles. The Morgan fingerprint density at radius 2 is 1.75 bits per heavy atom. The average molecular weight is 379 g/mol. The molecule has 5 nitrogen and oxygen atoms in total. The number of hydrogen-bond acceptors (Lipinski definition) is 5. The number of nitrogens with one attached hydrogen (secondary N) is 2. The molecule has 2 aromatic heterocycles. The van der Waals surface area contributed by atoms with E-state index in [0.29, 0.717) is 33.8 Å². The maximum absolute atomic E-state index is 11.9. The van der Waals surface area contributed by atoms with Crippen molar-refractivity contribution in [3.05, 3.63) is 62.8 Å². The molecule has 0 unspecified atom stereocenters. The highest BCUT2D eigenvalue weighted by Gasteiger charge is 2.07. The fourth-order valence-electron chi connectivity index (χ4n) is 2.00. The number of hydrogen-bond donors (Lipinski definition) is 2. The molecule has 0 spiro atoms. The van der Waals surface area contributed by atoms with Crippen molar-refractivity contribution < 1.29 is 4.79 Å². The molecule has 1 amide bonds. The number of nitrogens with zero attached hydrogens (tertiary/aromatic N) is 2. The molecular formula is C16H12Cl2N4OS. The third kappa shape index (κ3) is 4.67. The Kier molecular flexibility index (Phi) is 5.30. The van der Waals surface area contributed by atoms with Gasteiger partial charge in [-0.15, -0.1) is 21.5 Å². The van der Waals surface area contributed by atoms with Crippen LogP contribution in [0.4, 0.5) is 17.3 Å². The summed E-state index contributed by atoms with van der Waals surface area (Å²) in [6.07, 6.45) is 0.320. The van der Waals surface area contributed by atoms with Crippen molar-refractivity contribution in [1.29, 1.82) is 0 Å². The van der Waals surface area contributed by atoms with Crippen LogP contribution in [0.15, 0.2) is 47.8 Å². The van der Waals surface area contributed by atoms with Crippen LogP contribution in [0.2, 0.25) is 10.0 Å². The predicted octanol–water partition coefficient (Wildman–Crippen LogP) is 4.77. The fourth-order valence-corrected chi connectivity index (χ4v) is 3.23. The minimum Gasteiger partial charge on any atom is -0.339 e. The number of carbonyl (C=O) groups excluding carboxylic acids is 1. The molecular weight excluding hydrogens is 367 g/mol. The molecule has 0 aliphatic heterocycles. The summed E-state index contributed by atoms with van der Waals surface area (Å²) in [5.41, 5.74) is 0.705. The number of amides is 1. The molecule has 3 aromatic rings. The van der Waals surface area contributed by atoms with Gasteiger partial charge in [-0.2, -0.15) is 0 Å². The van der Waals surface area contributed by atoms with Crippen LogP contribution in [0.25, 0.3) is 0 Å². The summed E-state index contributed by atoms with van der Waals surface area (Å²) >= 11 is 13.4. The third-order valence-electron chi connectivity index (χ3n) is 2.98. The van der Waals surface area contributed by atoms with E-state index in [4.69, 9.17) is 23.2 Å². The van der Waals surface area contributed by atoms with Crippen LogP contribution in [0.5, 0.6) is 0 Å². The van der Waals surface area contributed by atoms with Crippen LogP contribution in [0.3, 0.4) is 0 Å². The minimum absolute atomic E-state index is 0.130. The number of halogens is 2. The molecule has 1 aromatic carbocycles. The Morgan fingerprint density at radius 3 is 2.38 bits per heavy atom. The summed E-state index contributed by atoms with van der Waals surface area (Å²) in [5, 5.41) is 16.8. The fraction of sp³-hybridized carbons (Fsp3) is 0.0625. The molecule has 24 heavy (non-hydrogen) atoms. The third-order valence-corrected chi connectivity index (χ3v) is 4.29. The quantitative estimate of drug-likeness (QED) is 0.670. The number of carbonyl (C=O) groups is 1. The van der Waals surface area contributed by atoms with Crippen molar-refractivity contribution in [2.24, 2.45) is 0 Å². The molecule has 0 saturated carbocycles. The average Bonchev–Trinajstić information content (AvgIpc) is 3.01. The molecule has 0 aliphatic rings. The van der Waals surface area contributed by atoms with E-state index in [1.54, 1.807) is 30.3 Å². The van der Waals surface area contributed by atoms with Gasteiger partial charge < -0.3 is 10.6 Å². The van der Waals surface area contributed by atoms with E-state index in [-0.39, 0.29) is 5.91 Å². The SMILES string of the molecule is O=C(Cc1cccs1)Nc1ccc(Nc2cc(Cl)cc(Cl)c2)nn1. The van der Waals surface area contributed by atoms with Crippen molar-refractivity contribution in [2.75, 3.05) is 10.6 Å². The van der Waals surface area contributed by atoms with Gasteiger partial charge in [0, 0.05) is 20.6 Å². The Bertz CT molecular complexity index is 818. The smallest absolute Gasteiger partial charge is 0.230 e. The zero-order valence-electron chi connectivity index (χ0n) is 12.3. The monoisotopic (exact) mass is 378 g/mol. The summed E-state index contributed by atoms with van der Waals surface area (Å²) in [6.45, 7) is 0. The van der Waals surface area contributed by atoms with E-state index in [0.717, 1.165) is 4.88 Å². The van der Waals surface area contributed by atoms with Gasteiger partial charge >= 0.3 is 0 Å². The second kappa shape index (κ2) is 7.61. The van der Waals surface area contributed by atoms with Crippen molar-refractivity contribution in [2.45, 2.75) is 6.42 Å². The molecule has 0 fully saturated rings. The normalized spacial score (nSPS) is 10.4. The maximum atomic E-state index is 11.9. The van der Waals surface area contributed by atoms with Gasteiger partial charge in [-0.25, -0.2) is 0 Å². The lowest BCUT2D eigenvalue weighted by Gasteiger charge is -2.07. The predicted molar refractivity (Wildman–Crippen MR) is 98.4 cm³/mol. The van der Waals surface area contributed by atoms with Crippen LogP contribution in [0.1, 0.15) is 4.88 Å². The van der Waals surface area contributed by atoms with Crippen LogP contribution in [0, 0.1) is 0 Å². The first-order valence-corrected chi connectivity index (χ1v) is 8.61. The Labute approximate surface area is 152 Å². The summed E-state index contributed by atoms with van der Waals surface area (Å²) in [4.78, 5) is 12.9. The molecule has 122 valence electrons. The second-order valence-electron chi connectivity index (χ2n) is 4.89. The molecule has 3 rings (SSSR count). The van der Waals surface area contributed by atoms with E-state index in [1.165, 1.54) is 11.3 Å². The summed E-state index contributed by atoms with van der Waals surface area (Å²) in [7, 11) is 0. The number of thiophene rings is 1. The van der Waals surface area contributed by atoms with E-state index in [1.807, 2.05) is 17.5 Å². The molecule has 8 heteroatoms. The molecule has 0 radical (unpaired) electrons. The van der Waals surface area contributed by atoms with E-state index < -0.39 is 0 Å². The van der Waals surface area contributed by atoms with Crippen molar-refractivity contribution >= 4 is 57.8 Å². The zero-order valence-corrected chi connectivity index (χ0v) is 14.6. The van der Waals surface area contributed by atoms with Gasteiger partial charge in [0.25, 0.3) is 0 Å². The summed E-state index contributed by atoms with van der Waals surface area (Å²) in [5.74, 6) is 0.782. The largest absolute Gasteiger partial charge is 0.339 e. The van der Waals surface area contributed by atoms with Crippen LogP contribution < -0.4 is 10.6 Å². The Hall–Kier alpha value is -2.15. The molecule has 2 N–H and O–H groups in total. The van der Waals surface area contributed by atoms with Crippen LogP contribution in [-0.2, 0) is 11.2 Å². The Balaban J connectivity index is 1.61. The Morgan fingerprint density at radius 1 is 1.04 bits per heavy atom. The number of anilines is 3. The van der Waals surface area contributed by atoms with E-state index in [2.05, 4.69) is 20.8 Å².